The Labute approximate surface area is 151 Å². The van der Waals surface area contributed by atoms with Crippen molar-refractivity contribution >= 4 is 17.4 Å². The number of amides is 2. The molecule has 1 aromatic heterocycles. The van der Waals surface area contributed by atoms with Crippen molar-refractivity contribution in [2.45, 2.75) is 32.7 Å². The highest BCUT2D eigenvalue weighted by molar-refractivity contribution is 5.99. The van der Waals surface area contributed by atoms with Crippen LogP contribution in [0.3, 0.4) is 0 Å². The van der Waals surface area contributed by atoms with Crippen LogP contribution in [0.2, 0.25) is 0 Å². The zero-order valence-electron chi connectivity index (χ0n) is 14.7. The molecular weight excluding hydrogens is 338 g/mol. The summed E-state index contributed by atoms with van der Waals surface area (Å²) in [5.74, 6) is -1.53. The van der Waals surface area contributed by atoms with Gasteiger partial charge in [0.1, 0.15) is 11.5 Å². The van der Waals surface area contributed by atoms with E-state index < -0.39 is 23.4 Å². The molecule has 1 fully saturated rings. The lowest BCUT2D eigenvalue weighted by Crippen LogP contribution is -2.29. The molecule has 1 aliphatic rings. The summed E-state index contributed by atoms with van der Waals surface area (Å²) in [6.45, 7) is 4.04. The number of rotatable bonds is 4. The highest BCUT2D eigenvalue weighted by Gasteiger charge is 2.19. The smallest absolute Gasteiger partial charge is 0.306 e. The molecule has 2 amide bonds. The minimum absolute atomic E-state index is 0.376. The SMILES string of the molecule is Cc1ccc(NC(=O)Nc2c(F)ccc(CN3CCCCC3)c2F)cn1. The summed E-state index contributed by atoms with van der Waals surface area (Å²) in [6, 6.07) is 5.30. The molecule has 0 bridgehead atoms. The standard InChI is InChI=1S/C19H22F2N4O/c1-13-5-7-15(11-22-13)23-19(26)24-18-16(20)8-6-14(17(18)21)12-25-9-3-2-4-10-25/h5-8,11H,2-4,9-10,12H2,1H3,(H2,23,24,26). The van der Waals surface area contributed by atoms with Gasteiger partial charge < -0.3 is 10.6 Å². The second-order valence-electron chi connectivity index (χ2n) is 6.50. The van der Waals surface area contributed by atoms with Gasteiger partial charge in [-0.15, -0.1) is 0 Å². The van der Waals surface area contributed by atoms with Crippen LogP contribution in [-0.4, -0.2) is 29.0 Å². The molecule has 0 atom stereocenters. The van der Waals surface area contributed by atoms with E-state index in [-0.39, 0.29) is 0 Å². The summed E-state index contributed by atoms with van der Waals surface area (Å²) in [7, 11) is 0. The molecule has 0 spiro atoms. The second kappa shape index (κ2) is 8.23. The quantitative estimate of drug-likeness (QED) is 0.855. The maximum absolute atomic E-state index is 14.7. The van der Waals surface area contributed by atoms with Crippen LogP contribution < -0.4 is 10.6 Å². The summed E-state index contributed by atoms with van der Waals surface area (Å²) in [6.07, 6.45) is 4.83. The highest BCUT2D eigenvalue weighted by Crippen LogP contribution is 2.24. The van der Waals surface area contributed by atoms with Crippen LogP contribution in [0.1, 0.15) is 30.5 Å². The number of piperidine rings is 1. The van der Waals surface area contributed by atoms with E-state index in [0.717, 1.165) is 31.6 Å². The Kier molecular flexibility index (Phi) is 5.78. The number of anilines is 2. The zero-order chi connectivity index (χ0) is 18.5. The van der Waals surface area contributed by atoms with Crippen molar-refractivity contribution in [2.24, 2.45) is 0 Å². The second-order valence-corrected chi connectivity index (χ2v) is 6.50. The Bertz CT molecular complexity index is 774. The van der Waals surface area contributed by atoms with Gasteiger partial charge in [0.05, 0.1) is 11.9 Å². The van der Waals surface area contributed by atoms with E-state index in [0.29, 0.717) is 17.8 Å². The van der Waals surface area contributed by atoms with E-state index in [2.05, 4.69) is 20.5 Å². The molecule has 7 heteroatoms. The summed E-state index contributed by atoms with van der Waals surface area (Å²) in [4.78, 5) is 18.3. The Balaban J connectivity index is 1.70. The molecular formula is C19H22F2N4O. The van der Waals surface area contributed by atoms with E-state index in [1.807, 2.05) is 6.92 Å². The van der Waals surface area contributed by atoms with Crippen LogP contribution in [0.5, 0.6) is 0 Å². The van der Waals surface area contributed by atoms with Gasteiger partial charge in [-0.05, 0) is 51.1 Å². The molecule has 2 N–H and O–H groups in total. The third-order valence-electron chi connectivity index (χ3n) is 4.42. The minimum Gasteiger partial charge on any atom is -0.306 e. The van der Waals surface area contributed by atoms with Crippen molar-refractivity contribution in [3.63, 3.8) is 0 Å². The van der Waals surface area contributed by atoms with Crippen molar-refractivity contribution in [1.82, 2.24) is 9.88 Å². The number of nitrogens with one attached hydrogen (secondary N) is 2. The van der Waals surface area contributed by atoms with Crippen molar-refractivity contribution in [3.8, 4) is 0 Å². The molecule has 1 aromatic carbocycles. The van der Waals surface area contributed by atoms with Gasteiger partial charge in [-0.2, -0.15) is 0 Å². The van der Waals surface area contributed by atoms with Gasteiger partial charge in [-0.25, -0.2) is 13.6 Å². The van der Waals surface area contributed by atoms with E-state index in [1.54, 1.807) is 12.1 Å². The number of hydrogen-bond acceptors (Lipinski definition) is 3. The molecule has 0 saturated carbocycles. The number of pyridine rings is 1. The fourth-order valence-electron chi connectivity index (χ4n) is 3.01. The predicted molar refractivity (Wildman–Crippen MR) is 97.1 cm³/mol. The number of likely N-dealkylation sites (tertiary alicyclic amines) is 1. The number of urea groups is 1. The first kappa shape index (κ1) is 18.3. The first-order valence-electron chi connectivity index (χ1n) is 8.73. The molecule has 0 radical (unpaired) electrons. The highest BCUT2D eigenvalue weighted by atomic mass is 19.1. The first-order chi connectivity index (χ1) is 12.5. The van der Waals surface area contributed by atoms with Crippen LogP contribution in [0.25, 0.3) is 0 Å². The van der Waals surface area contributed by atoms with E-state index in [4.69, 9.17) is 0 Å². The minimum atomic E-state index is -0.804. The van der Waals surface area contributed by atoms with Gasteiger partial charge >= 0.3 is 6.03 Å². The van der Waals surface area contributed by atoms with Gasteiger partial charge in [0.15, 0.2) is 5.82 Å². The Morgan fingerprint density at radius 1 is 1.12 bits per heavy atom. The van der Waals surface area contributed by atoms with Gasteiger partial charge in [-0.3, -0.25) is 9.88 Å². The van der Waals surface area contributed by atoms with Gasteiger partial charge in [0.2, 0.25) is 0 Å². The third kappa shape index (κ3) is 4.54. The Hall–Kier alpha value is -2.54. The number of carbonyl (C=O) groups is 1. The molecule has 1 aliphatic heterocycles. The Morgan fingerprint density at radius 2 is 1.88 bits per heavy atom. The van der Waals surface area contributed by atoms with Crippen molar-refractivity contribution < 1.29 is 13.6 Å². The molecule has 2 aromatic rings. The number of nitrogens with zero attached hydrogens (tertiary/aromatic N) is 2. The summed E-state index contributed by atoms with van der Waals surface area (Å²) < 4.78 is 28.8. The first-order valence-corrected chi connectivity index (χ1v) is 8.73. The van der Waals surface area contributed by atoms with Crippen LogP contribution in [0.15, 0.2) is 30.5 Å². The van der Waals surface area contributed by atoms with E-state index in [1.165, 1.54) is 24.8 Å². The van der Waals surface area contributed by atoms with Crippen LogP contribution in [0.4, 0.5) is 25.0 Å². The van der Waals surface area contributed by atoms with Crippen molar-refractivity contribution in [3.05, 3.63) is 53.4 Å². The zero-order valence-corrected chi connectivity index (χ0v) is 14.7. The molecule has 0 unspecified atom stereocenters. The molecule has 26 heavy (non-hydrogen) atoms. The van der Waals surface area contributed by atoms with Gasteiger partial charge in [0, 0.05) is 17.8 Å². The van der Waals surface area contributed by atoms with Gasteiger partial charge in [-0.1, -0.05) is 12.5 Å². The third-order valence-corrected chi connectivity index (χ3v) is 4.42. The average molecular weight is 360 g/mol. The summed E-state index contributed by atoms with van der Waals surface area (Å²) >= 11 is 0. The number of hydrogen-bond donors (Lipinski definition) is 2. The van der Waals surface area contributed by atoms with Crippen molar-refractivity contribution in [2.75, 3.05) is 23.7 Å². The number of carbonyl (C=O) groups excluding carboxylic acids is 1. The fourth-order valence-corrected chi connectivity index (χ4v) is 3.01. The molecule has 1 saturated heterocycles. The molecule has 2 heterocycles. The fraction of sp³-hybridized carbons (Fsp3) is 0.368. The molecule has 3 rings (SSSR count). The predicted octanol–water partition coefficient (Wildman–Crippen LogP) is 4.30. The molecule has 0 aliphatic carbocycles. The monoisotopic (exact) mass is 360 g/mol. The topological polar surface area (TPSA) is 57.3 Å². The average Bonchev–Trinajstić information content (AvgIpc) is 2.64. The van der Waals surface area contributed by atoms with Crippen molar-refractivity contribution in [1.29, 1.82) is 0 Å². The molecule has 138 valence electrons. The summed E-state index contributed by atoms with van der Waals surface area (Å²) in [5.41, 5.74) is 1.19. The van der Waals surface area contributed by atoms with Gasteiger partial charge in [0.25, 0.3) is 0 Å². The normalized spacial score (nSPS) is 14.9. The number of benzene rings is 1. The lowest BCUT2D eigenvalue weighted by atomic mass is 10.1. The largest absolute Gasteiger partial charge is 0.323 e. The molecule has 5 nitrogen and oxygen atoms in total. The Morgan fingerprint density at radius 3 is 2.58 bits per heavy atom. The lowest BCUT2D eigenvalue weighted by molar-refractivity contribution is 0.218. The van der Waals surface area contributed by atoms with E-state index in [9.17, 15) is 13.6 Å². The van der Waals surface area contributed by atoms with Crippen LogP contribution in [0, 0.1) is 18.6 Å². The maximum Gasteiger partial charge on any atom is 0.323 e. The van der Waals surface area contributed by atoms with Crippen LogP contribution in [-0.2, 0) is 6.54 Å². The number of aromatic nitrogens is 1. The van der Waals surface area contributed by atoms with Crippen LogP contribution >= 0.6 is 0 Å². The number of halogens is 2. The lowest BCUT2D eigenvalue weighted by Gasteiger charge is -2.26. The maximum atomic E-state index is 14.7. The summed E-state index contributed by atoms with van der Waals surface area (Å²) in [5, 5.41) is 4.79. The number of aryl methyl sites for hydroxylation is 1. The van der Waals surface area contributed by atoms with E-state index >= 15 is 0 Å².